The molecule has 0 radical (unpaired) electrons. The maximum Gasteiger partial charge on any atom is 0.416 e. The highest BCUT2D eigenvalue weighted by atomic mass is 35.5. The second-order valence-corrected chi connectivity index (χ2v) is 4.25. The van der Waals surface area contributed by atoms with Crippen molar-refractivity contribution in [1.82, 2.24) is 20.1 Å². The Bertz CT molecular complexity index is 572. The van der Waals surface area contributed by atoms with E-state index in [1.165, 1.54) is 0 Å². The SMILES string of the molecule is CCNCCn1ccc(-c2cc(C(F)(F)F)ccn2)n1.Cl.Cl. The van der Waals surface area contributed by atoms with Crippen LogP contribution in [-0.2, 0) is 12.7 Å². The minimum Gasteiger partial charge on any atom is -0.315 e. The van der Waals surface area contributed by atoms with E-state index in [1.807, 2.05) is 6.92 Å². The van der Waals surface area contributed by atoms with Gasteiger partial charge in [-0.3, -0.25) is 9.67 Å². The van der Waals surface area contributed by atoms with Crippen LogP contribution < -0.4 is 5.32 Å². The fraction of sp³-hybridized carbons (Fsp3) is 0.385. The molecular weight excluding hydrogens is 340 g/mol. The largest absolute Gasteiger partial charge is 0.416 e. The van der Waals surface area contributed by atoms with Gasteiger partial charge in [-0.05, 0) is 24.7 Å². The highest BCUT2D eigenvalue weighted by Crippen LogP contribution is 2.30. The fourth-order valence-electron chi connectivity index (χ4n) is 1.74. The third-order valence-electron chi connectivity index (χ3n) is 2.76. The van der Waals surface area contributed by atoms with Gasteiger partial charge in [-0.2, -0.15) is 18.3 Å². The zero-order valence-corrected chi connectivity index (χ0v) is 13.4. The van der Waals surface area contributed by atoms with Crippen LogP contribution in [0, 0.1) is 0 Å². The average Bonchev–Trinajstić information content (AvgIpc) is 2.87. The maximum atomic E-state index is 12.6. The summed E-state index contributed by atoms with van der Waals surface area (Å²) >= 11 is 0. The Morgan fingerprint density at radius 2 is 1.91 bits per heavy atom. The first-order valence-corrected chi connectivity index (χ1v) is 6.28. The van der Waals surface area contributed by atoms with Crippen molar-refractivity contribution in [3.05, 3.63) is 36.2 Å². The Morgan fingerprint density at radius 1 is 1.18 bits per heavy atom. The molecule has 2 aromatic rings. The molecule has 0 aliphatic heterocycles. The van der Waals surface area contributed by atoms with E-state index in [0.29, 0.717) is 12.2 Å². The molecule has 0 aromatic carbocycles. The lowest BCUT2D eigenvalue weighted by molar-refractivity contribution is -0.137. The Labute approximate surface area is 138 Å². The third kappa shape index (κ3) is 5.47. The van der Waals surface area contributed by atoms with Crippen molar-refractivity contribution in [1.29, 1.82) is 0 Å². The van der Waals surface area contributed by atoms with E-state index in [-0.39, 0.29) is 30.5 Å². The number of alkyl halides is 3. The second-order valence-electron chi connectivity index (χ2n) is 4.25. The molecule has 124 valence electrons. The van der Waals surface area contributed by atoms with Gasteiger partial charge >= 0.3 is 6.18 Å². The number of halogens is 5. The number of nitrogens with zero attached hydrogens (tertiary/aromatic N) is 3. The van der Waals surface area contributed by atoms with Gasteiger partial charge in [0.2, 0.25) is 0 Å². The predicted molar refractivity (Wildman–Crippen MR) is 83.5 cm³/mol. The molecule has 2 rings (SSSR count). The minimum absolute atomic E-state index is 0. The van der Waals surface area contributed by atoms with Gasteiger partial charge < -0.3 is 5.32 Å². The zero-order valence-electron chi connectivity index (χ0n) is 11.8. The fourth-order valence-corrected chi connectivity index (χ4v) is 1.74. The molecule has 0 aliphatic carbocycles. The van der Waals surface area contributed by atoms with E-state index < -0.39 is 11.7 Å². The van der Waals surface area contributed by atoms with Gasteiger partial charge in [0.1, 0.15) is 5.69 Å². The maximum absolute atomic E-state index is 12.6. The van der Waals surface area contributed by atoms with E-state index in [2.05, 4.69) is 15.4 Å². The molecule has 0 unspecified atom stereocenters. The highest BCUT2D eigenvalue weighted by molar-refractivity contribution is 5.85. The summed E-state index contributed by atoms with van der Waals surface area (Å²) < 4.78 is 39.6. The Morgan fingerprint density at radius 3 is 2.55 bits per heavy atom. The summed E-state index contributed by atoms with van der Waals surface area (Å²) in [4.78, 5) is 3.94. The first-order valence-electron chi connectivity index (χ1n) is 6.28. The zero-order chi connectivity index (χ0) is 14.6. The summed E-state index contributed by atoms with van der Waals surface area (Å²) in [5, 5.41) is 7.37. The Kier molecular flexibility index (Phi) is 8.44. The summed E-state index contributed by atoms with van der Waals surface area (Å²) in [6, 6.07) is 3.62. The lowest BCUT2D eigenvalue weighted by Crippen LogP contribution is -2.19. The lowest BCUT2D eigenvalue weighted by atomic mass is 10.2. The molecule has 0 bridgehead atoms. The summed E-state index contributed by atoms with van der Waals surface area (Å²) in [6.07, 6.45) is -1.49. The van der Waals surface area contributed by atoms with Crippen molar-refractivity contribution in [3.8, 4) is 11.4 Å². The molecule has 0 saturated carbocycles. The van der Waals surface area contributed by atoms with E-state index in [9.17, 15) is 13.2 Å². The molecule has 2 heterocycles. The number of nitrogens with one attached hydrogen (secondary N) is 1. The molecule has 0 aliphatic rings. The molecule has 0 spiro atoms. The highest BCUT2D eigenvalue weighted by Gasteiger charge is 2.30. The van der Waals surface area contributed by atoms with Gasteiger partial charge in [0.15, 0.2) is 0 Å². The van der Waals surface area contributed by atoms with Crippen LogP contribution in [0.4, 0.5) is 13.2 Å². The number of hydrogen-bond donors (Lipinski definition) is 1. The summed E-state index contributed by atoms with van der Waals surface area (Å²) in [5.41, 5.74) is -0.0562. The van der Waals surface area contributed by atoms with Gasteiger partial charge in [0.05, 0.1) is 17.8 Å². The molecular formula is C13H17Cl2F3N4. The van der Waals surface area contributed by atoms with Crippen LogP contribution in [-0.4, -0.2) is 27.9 Å². The first kappa shape index (κ1) is 20.7. The third-order valence-corrected chi connectivity index (χ3v) is 2.76. The molecule has 2 aromatic heterocycles. The number of likely N-dealkylation sites (N-methyl/N-ethyl adjacent to an activating group) is 1. The number of aromatic nitrogens is 3. The molecule has 1 N–H and O–H groups in total. The molecule has 0 amide bonds. The minimum atomic E-state index is -4.37. The van der Waals surface area contributed by atoms with Gasteiger partial charge in [-0.25, -0.2) is 0 Å². The van der Waals surface area contributed by atoms with Crippen LogP contribution in [0.5, 0.6) is 0 Å². The topological polar surface area (TPSA) is 42.7 Å². The first-order chi connectivity index (χ1) is 9.50. The van der Waals surface area contributed by atoms with Crippen molar-refractivity contribution >= 4 is 24.8 Å². The summed E-state index contributed by atoms with van der Waals surface area (Å²) in [7, 11) is 0. The van der Waals surface area contributed by atoms with Crippen LogP contribution in [0.25, 0.3) is 11.4 Å². The molecule has 0 saturated heterocycles. The average molecular weight is 357 g/mol. The second kappa shape index (κ2) is 8.97. The van der Waals surface area contributed by atoms with E-state index in [1.54, 1.807) is 16.9 Å². The van der Waals surface area contributed by atoms with Crippen molar-refractivity contribution in [2.24, 2.45) is 0 Å². The van der Waals surface area contributed by atoms with Gasteiger partial charge in [0.25, 0.3) is 0 Å². The smallest absolute Gasteiger partial charge is 0.315 e. The van der Waals surface area contributed by atoms with Crippen molar-refractivity contribution in [3.63, 3.8) is 0 Å². The van der Waals surface area contributed by atoms with Gasteiger partial charge in [-0.15, -0.1) is 24.8 Å². The molecule has 0 fully saturated rings. The molecule has 9 heteroatoms. The quantitative estimate of drug-likeness (QED) is 0.834. The van der Waals surface area contributed by atoms with Crippen LogP contribution in [0.1, 0.15) is 12.5 Å². The van der Waals surface area contributed by atoms with Crippen LogP contribution in [0.3, 0.4) is 0 Å². The van der Waals surface area contributed by atoms with Gasteiger partial charge in [0, 0.05) is 18.9 Å². The number of hydrogen-bond acceptors (Lipinski definition) is 3. The van der Waals surface area contributed by atoms with Crippen LogP contribution in [0.15, 0.2) is 30.6 Å². The molecule has 0 atom stereocenters. The monoisotopic (exact) mass is 356 g/mol. The van der Waals surface area contributed by atoms with E-state index in [4.69, 9.17) is 0 Å². The number of pyridine rings is 1. The van der Waals surface area contributed by atoms with E-state index >= 15 is 0 Å². The van der Waals surface area contributed by atoms with Crippen LogP contribution >= 0.6 is 24.8 Å². The Hall–Kier alpha value is -1.31. The summed E-state index contributed by atoms with van der Waals surface area (Å²) in [6.45, 7) is 4.28. The number of rotatable bonds is 5. The Balaban J connectivity index is 0.00000220. The molecule has 22 heavy (non-hydrogen) atoms. The normalized spacial score (nSPS) is 10.7. The van der Waals surface area contributed by atoms with Gasteiger partial charge in [-0.1, -0.05) is 6.92 Å². The summed E-state index contributed by atoms with van der Waals surface area (Å²) in [5.74, 6) is 0. The lowest BCUT2D eigenvalue weighted by Gasteiger charge is -2.06. The van der Waals surface area contributed by atoms with Crippen molar-refractivity contribution in [2.45, 2.75) is 19.6 Å². The van der Waals surface area contributed by atoms with E-state index in [0.717, 1.165) is 31.4 Å². The molecule has 4 nitrogen and oxygen atoms in total. The van der Waals surface area contributed by atoms with Crippen molar-refractivity contribution in [2.75, 3.05) is 13.1 Å². The van der Waals surface area contributed by atoms with Crippen LogP contribution in [0.2, 0.25) is 0 Å². The van der Waals surface area contributed by atoms with Crippen molar-refractivity contribution < 1.29 is 13.2 Å². The predicted octanol–water partition coefficient (Wildman–Crippen LogP) is 3.42. The standard InChI is InChI=1S/C13H15F3N4.2ClH/c1-2-17-6-8-20-7-4-11(19-20)12-9-10(3-5-18-12)13(14,15)16;;/h3-5,7,9,17H,2,6,8H2,1H3;2*1H.